The van der Waals surface area contributed by atoms with E-state index in [1.54, 1.807) is 6.07 Å². The van der Waals surface area contributed by atoms with Crippen molar-refractivity contribution in [3.63, 3.8) is 0 Å². The van der Waals surface area contributed by atoms with Gasteiger partial charge in [0.1, 0.15) is 12.2 Å². The van der Waals surface area contributed by atoms with Crippen molar-refractivity contribution in [1.29, 1.82) is 0 Å². The van der Waals surface area contributed by atoms with Crippen LogP contribution in [0.1, 0.15) is 0 Å². The third kappa shape index (κ3) is 1.60. The van der Waals surface area contributed by atoms with Crippen LogP contribution >= 0.6 is 0 Å². The van der Waals surface area contributed by atoms with Gasteiger partial charge in [0.15, 0.2) is 0 Å². The lowest BCUT2D eigenvalue weighted by Crippen LogP contribution is -2.14. The molecular weight excluding hydrogens is 182 g/mol. The summed E-state index contributed by atoms with van der Waals surface area (Å²) in [6.07, 6.45) is 0. The molecule has 14 heavy (non-hydrogen) atoms. The van der Waals surface area contributed by atoms with Crippen LogP contribution in [0, 0.1) is 0 Å². The Morgan fingerprint density at radius 2 is 2.21 bits per heavy atom. The average molecular weight is 191 g/mol. The zero-order valence-corrected chi connectivity index (χ0v) is 7.36. The van der Waals surface area contributed by atoms with Gasteiger partial charge in [-0.1, -0.05) is 18.2 Å². The summed E-state index contributed by atoms with van der Waals surface area (Å²) in [5.74, 6) is -0.130. The normalized spacial score (nSPS) is 10.4. The lowest BCUT2D eigenvalue weighted by molar-refractivity contribution is -0.118. The molecule has 2 aromatic rings. The average Bonchev–Trinajstić information content (AvgIpc) is 2.59. The summed E-state index contributed by atoms with van der Waals surface area (Å²) in [7, 11) is 0. The molecule has 0 spiro atoms. The number of hydrogen-bond acceptors (Lipinski definition) is 3. The molecule has 0 atom stereocenters. The maximum atomic E-state index is 10.8. The fourth-order valence-electron chi connectivity index (χ4n) is 1.22. The van der Waals surface area contributed by atoms with Crippen LogP contribution in [0.5, 0.6) is 0 Å². The van der Waals surface area contributed by atoms with E-state index < -0.39 is 12.5 Å². The topological polar surface area (TPSA) is 62.5 Å². The van der Waals surface area contributed by atoms with Gasteiger partial charge < -0.3 is 9.52 Å². The van der Waals surface area contributed by atoms with Crippen LogP contribution in [0.2, 0.25) is 0 Å². The second-order valence-corrected chi connectivity index (χ2v) is 2.85. The van der Waals surface area contributed by atoms with Gasteiger partial charge in [-0.05, 0) is 6.07 Å². The number of anilines is 1. The van der Waals surface area contributed by atoms with Crippen molar-refractivity contribution in [2.75, 3.05) is 11.9 Å². The molecule has 0 aliphatic carbocycles. The van der Waals surface area contributed by atoms with Crippen molar-refractivity contribution in [2.45, 2.75) is 0 Å². The lowest BCUT2D eigenvalue weighted by atomic mass is 10.3. The minimum Gasteiger partial charge on any atom is -0.440 e. The molecule has 0 saturated heterocycles. The van der Waals surface area contributed by atoms with Crippen LogP contribution in [0.15, 0.2) is 34.7 Å². The number of aliphatic hydroxyl groups excluding tert-OH is 1. The zero-order valence-electron chi connectivity index (χ0n) is 7.36. The van der Waals surface area contributed by atoms with Gasteiger partial charge in [0.25, 0.3) is 5.91 Å². The molecular formula is C10H9NO3. The number of carbonyl (C=O) groups excluding carboxylic acids is 1. The molecule has 0 bridgehead atoms. The van der Waals surface area contributed by atoms with Gasteiger partial charge in [-0.2, -0.15) is 0 Å². The molecule has 1 aromatic heterocycles. The number of hydrogen-bond donors (Lipinski definition) is 2. The van der Waals surface area contributed by atoms with Crippen molar-refractivity contribution >= 4 is 22.8 Å². The van der Waals surface area contributed by atoms with Crippen molar-refractivity contribution in [2.24, 2.45) is 0 Å². The van der Waals surface area contributed by atoms with E-state index in [2.05, 4.69) is 5.32 Å². The van der Waals surface area contributed by atoms with Crippen molar-refractivity contribution in [1.82, 2.24) is 0 Å². The van der Waals surface area contributed by atoms with Crippen molar-refractivity contribution in [3.05, 3.63) is 30.3 Å². The molecule has 1 heterocycles. The van der Waals surface area contributed by atoms with Crippen molar-refractivity contribution in [3.8, 4) is 0 Å². The second-order valence-electron chi connectivity index (χ2n) is 2.85. The number of nitrogens with one attached hydrogen (secondary N) is 1. The quantitative estimate of drug-likeness (QED) is 0.753. The summed E-state index contributed by atoms with van der Waals surface area (Å²) >= 11 is 0. The summed E-state index contributed by atoms with van der Waals surface area (Å²) in [5.41, 5.74) is 0.709. The summed E-state index contributed by atoms with van der Waals surface area (Å²) in [5, 5.41) is 11.9. The number of benzene rings is 1. The number of furan rings is 1. The molecule has 0 fully saturated rings. The minimum atomic E-state index is -0.545. The van der Waals surface area contributed by atoms with Gasteiger partial charge in [-0.15, -0.1) is 0 Å². The van der Waals surface area contributed by atoms with Crippen molar-refractivity contribution < 1.29 is 14.3 Å². The molecule has 0 unspecified atom stereocenters. The molecule has 0 radical (unpaired) electrons. The molecule has 0 aliphatic rings. The number of rotatable bonds is 2. The molecule has 2 rings (SSSR count). The van der Waals surface area contributed by atoms with Gasteiger partial charge in [0.05, 0.1) is 0 Å². The SMILES string of the molecule is O=C(CO)Nc1cc2ccccc2o1. The Kier molecular flexibility index (Phi) is 2.20. The van der Waals surface area contributed by atoms with E-state index >= 15 is 0 Å². The molecule has 4 nitrogen and oxygen atoms in total. The first-order chi connectivity index (χ1) is 6.79. The van der Waals surface area contributed by atoms with Crippen LogP contribution in [-0.4, -0.2) is 17.6 Å². The van der Waals surface area contributed by atoms with Crippen LogP contribution in [0.25, 0.3) is 11.0 Å². The highest BCUT2D eigenvalue weighted by atomic mass is 16.4. The van der Waals surface area contributed by atoms with Gasteiger partial charge in [-0.25, -0.2) is 0 Å². The van der Waals surface area contributed by atoms with Gasteiger partial charge in [0, 0.05) is 11.5 Å². The predicted molar refractivity (Wildman–Crippen MR) is 51.9 cm³/mol. The predicted octanol–water partition coefficient (Wildman–Crippen LogP) is 1.36. The lowest BCUT2D eigenvalue weighted by Gasteiger charge is -1.95. The first kappa shape index (κ1) is 8.77. The van der Waals surface area contributed by atoms with Crippen LogP contribution in [0.3, 0.4) is 0 Å². The molecule has 0 aliphatic heterocycles. The Labute approximate surface area is 80.1 Å². The van der Waals surface area contributed by atoms with E-state index in [0.717, 1.165) is 5.39 Å². The van der Waals surface area contributed by atoms with Crippen LogP contribution in [0.4, 0.5) is 5.88 Å². The Hall–Kier alpha value is -1.81. The number of aliphatic hydroxyl groups is 1. The molecule has 2 N–H and O–H groups in total. The largest absolute Gasteiger partial charge is 0.440 e. The van der Waals surface area contributed by atoms with E-state index in [1.165, 1.54) is 0 Å². The number of fused-ring (bicyclic) bond motifs is 1. The number of amides is 1. The Balaban J connectivity index is 2.31. The summed E-state index contributed by atoms with van der Waals surface area (Å²) in [6, 6.07) is 9.14. The van der Waals surface area contributed by atoms with Gasteiger partial charge >= 0.3 is 0 Å². The molecule has 1 aromatic carbocycles. The van der Waals surface area contributed by atoms with Gasteiger partial charge in [0.2, 0.25) is 5.88 Å². The third-order valence-electron chi connectivity index (χ3n) is 1.83. The fraction of sp³-hybridized carbons (Fsp3) is 0.100. The first-order valence-electron chi connectivity index (χ1n) is 4.19. The maximum absolute atomic E-state index is 10.8. The highest BCUT2D eigenvalue weighted by Gasteiger charge is 2.05. The fourth-order valence-corrected chi connectivity index (χ4v) is 1.22. The van der Waals surface area contributed by atoms with Crippen LogP contribution < -0.4 is 5.32 Å². The minimum absolute atomic E-state index is 0.352. The standard InChI is InChI=1S/C10H9NO3/c12-6-9(13)11-10-5-7-3-1-2-4-8(7)14-10/h1-5,12H,6H2,(H,11,13). The second kappa shape index (κ2) is 3.51. The van der Waals surface area contributed by atoms with Gasteiger partial charge in [-0.3, -0.25) is 10.1 Å². The monoisotopic (exact) mass is 191 g/mol. The highest BCUT2D eigenvalue weighted by molar-refractivity contribution is 5.92. The Morgan fingerprint density at radius 3 is 2.93 bits per heavy atom. The maximum Gasteiger partial charge on any atom is 0.252 e. The summed E-state index contributed by atoms with van der Waals surface area (Å²) < 4.78 is 5.30. The first-order valence-corrected chi connectivity index (χ1v) is 4.19. The van der Waals surface area contributed by atoms with Crippen LogP contribution in [-0.2, 0) is 4.79 Å². The summed E-state index contributed by atoms with van der Waals surface area (Å²) in [4.78, 5) is 10.8. The molecule has 0 saturated carbocycles. The smallest absolute Gasteiger partial charge is 0.252 e. The Morgan fingerprint density at radius 1 is 1.43 bits per heavy atom. The third-order valence-corrected chi connectivity index (χ3v) is 1.83. The molecule has 1 amide bonds. The van der Waals surface area contributed by atoms with E-state index in [9.17, 15) is 4.79 Å². The highest BCUT2D eigenvalue weighted by Crippen LogP contribution is 2.22. The Bertz CT molecular complexity index is 428. The number of para-hydroxylation sites is 1. The van der Waals surface area contributed by atoms with E-state index in [4.69, 9.17) is 9.52 Å². The molecule has 4 heteroatoms. The zero-order chi connectivity index (χ0) is 9.97. The number of carbonyl (C=O) groups is 1. The van der Waals surface area contributed by atoms with E-state index in [-0.39, 0.29) is 0 Å². The van der Waals surface area contributed by atoms with E-state index in [0.29, 0.717) is 11.5 Å². The molecule has 72 valence electrons. The van der Waals surface area contributed by atoms with E-state index in [1.807, 2.05) is 24.3 Å². The summed E-state index contributed by atoms with van der Waals surface area (Å²) in [6.45, 7) is -0.545.